The number of carbonyl (C=O) groups excluding carboxylic acids is 2. The summed E-state index contributed by atoms with van der Waals surface area (Å²) in [5.74, 6) is -1.49. The molecule has 9 heteroatoms. The van der Waals surface area contributed by atoms with Crippen LogP contribution in [0, 0.1) is 6.92 Å². The van der Waals surface area contributed by atoms with E-state index in [0.29, 0.717) is 30.1 Å². The van der Waals surface area contributed by atoms with Crippen molar-refractivity contribution in [3.05, 3.63) is 59.1 Å². The summed E-state index contributed by atoms with van der Waals surface area (Å²) in [6.45, 7) is 2.47. The SMILES string of the molecule is Cc1ccccc1NC(=O)C(=O)NCCC1CCCCN1S(=O)(=O)c1ccc(Cl)cc1. The van der Waals surface area contributed by atoms with Gasteiger partial charge in [-0.2, -0.15) is 4.31 Å². The fourth-order valence-corrected chi connectivity index (χ4v) is 5.50. The number of nitrogens with zero attached hydrogens (tertiary/aromatic N) is 1. The van der Waals surface area contributed by atoms with Crippen LogP contribution < -0.4 is 10.6 Å². The van der Waals surface area contributed by atoms with Crippen molar-refractivity contribution in [1.29, 1.82) is 0 Å². The van der Waals surface area contributed by atoms with Gasteiger partial charge < -0.3 is 10.6 Å². The summed E-state index contributed by atoms with van der Waals surface area (Å²) >= 11 is 5.88. The highest BCUT2D eigenvalue weighted by molar-refractivity contribution is 7.89. The molecule has 1 unspecified atom stereocenters. The summed E-state index contributed by atoms with van der Waals surface area (Å²) in [5, 5.41) is 5.66. The van der Waals surface area contributed by atoms with Gasteiger partial charge in [0.2, 0.25) is 10.0 Å². The van der Waals surface area contributed by atoms with Crippen LogP contribution in [0.5, 0.6) is 0 Å². The zero-order valence-corrected chi connectivity index (χ0v) is 18.9. The summed E-state index contributed by atoms with van der Waals surface area (Å²) in [6, 6.07) is 13.1. The Morgan fingerprint density at radius 2 is 1.77 bits per heavy atom. The molecule has 7 nitrogen and oxygen atoms in total. The van der Waals surface area contributed by atoms with E-state index in [1.165, 1.54) is 16.4 Å². The van der Waals surface area contributed by atoms with E-state index in [1.54, 1.807) is 24.3 Å². The molecular weight excluding hydrogens is 438 g/mol. The van der Waals surface area contributed by atoms with E-state index in [2.05, 4.69) is 10.6 Å². The van der Waals surface area contributed by atoms with E-state index < -0.39 is 21.8 Å². The molecule has 2 aromatic carbocycles. The van der Waals surface area contributed by atoms with Crippen molar-refractivity contribution in [1.82, 2.24) is 9.62 Å². The number of hydrogen-bond donors (Lipinski definition) is 2. The van der Waals surface area contributed by atoms with Crippen molar-refractivity contribution >= 4 is 39.1 Å². The van der Waals surface area contributed by atoms with Gasteiger partial charge in [-0.25, -0.2) is 8.42 Å². The first-order chi connectivity index (χ1) is 14.8. The first-order valence-electron chi connectivity index (χ1n) is 10.2. The summed E-state index contributed by atoms with van der Waals surface area (Å²) in [7, 11) is -3.66. The zero-order valence-electron chi connectivity index (χ0n) is 17.3. The molecule has 1 fully saturated rings. The maximum absolute atomic E-state index is 13.1. The number of sulfonamides is 1. The molecule has 166 valence electrons. The molecule has 1 saturated heterocycles. The maximum atomic E-state index is 13.1. The number of piperidine rings is 1. The lowest BCUT2D eigenvalue weighted by atomic mass is 10.0. The minimum Gasteiger partial charge on any atom is -0.348 e. The van der Waals surface area contributed by atoms with E-state index >= 15 is 0 Å². The number of aryl methyl sites for hydroxylation is 1. The Morgan fingerprint density at radius 1 is 1.06 bits per heavy atom. The van der Waals surface area contributed by atoms with Gasteiger partial charge in [-0.1, -0.05) is 36.2 Å². The van der Waals surface area contributed by atoms with Crippen LogP contribution in [0.25, 0.3) is 0 Å². The Bertz CT molecular complexity index is 1040. The highest BCUT2D eigenvalue weighted by Gasteiger charge is 2.33. The lowest BCUT2D eigenvalue weighted by molar-refractivity contribution is -0.136. The van der Waals surface area contributed by atoms with Crippen molar-refractivity contribution < 1.29 is 18.0 Å². The molecule has 0 spiro atoms. The Hall–Kier alpha value is -2.42. The van der Waals surface area contributed by atoms with Gasteiger partial charge in [0.25, 0.3) is 0 Å². The predicted octanol–water partition coefficient (Wildman–Crippen LogP) is 3.34. The lowest BCUT2D eigenvalue weighted by Crippen LogP contribution is -2.45. The largest absolute Gasteiger partial charge is 0.348 e. The number of carbonyl (C=O) groups is 2. The van der Waals surface area contributed by atoms with Crippen molar-refractivity contribution in [2.24, 2.45) is 0 Å². The molecule has 1 aliphatic heterocycles. The highest BCUT2D eigenvalue weighted by Crippen LogP contribution is 2.27. The molecule has 1 heterocycles. The number of rotatable bonds is 6. The molecule has 0 saturated carbocycles. The first kappa shape index (κ1) is 23.2. The van der Waals surface area contributed by atoms with Gasteiger partial charge >= 0.3 is 11.8 Å². The van der Waals surface area contributed by atoms with Crippen LogP contribution in [0.4, 0.5) is 5.69 Å². The second-order valence-corrected chi connectivity index (χ2v) is 9.86. The molecule has 3 rings (SSSR count). The Morgan fingerprint density at radius 3 is 2.48 bits per heavy atom. The van der Waals surface area contributed by atoms with Gasteiger partial charge in [0.15, 0.2) is 0 Å². The minimum atomic E-state index is -3.66. The molecule has 0 bridgehead atoms. The average molecular weight is 464 g/mol. The number of nitrogens with one attached hydrogen (secondary N) is 2. The van der Waals surface area contributed by atoms with Gasteiger partial charge in [-0.3, -0.25) is 9.59 Å². The molecule has 31 heavy (non-hydrogen) atoms. The smallest absolute Gasteiger partial charge is 0.313 e. The van der Waals surface area contributed by atoms with E-state index in [-0.39, 0.29) is 17.5 Å². The van der Waals surface area contributed by atoms with Gasteiger partial charge in [0, 0.05) is 29.8 Å². The second kappa shape index (κ2) is 10.3. The topological polar surface area (TPSA) is 95.6 Å². The Balaban J connectivity index is 1.58. The fraction of sp³-hybridized carbons (Fsp3) is 0.364. The third-order valence-corrected chi connectivity index (χ3v) is 7.57. The average Bonchev–Trinajstić information content (AvgIpc) is 2.76. The van der Waals surface area contributed by atoms with Crippen LogP contribution in [0.15, 0.2) is 53.4 Å². The number of benzene rings is 2. The quantitative estimate of drug-likeness (QED) is 0.642. The van der Waals surface area contributed by atoms with Crippen molar-refractivity contribution in [3.63, 3.8) is 0 Å². The van der Waals surface area contributed by atoms with Crippen molar-refractivity contribution in [2.45, 2.75) is 43.5 Å². The standard InChI is InChI=1S/C22H26ClN3O4S/c1-16-6-2-3-8-20(16)25-22(28)21(27)24-14-13-18-7-4-5-15-26(18)31(29,30)19-11-9-17(23)10-12-19/h2-3,6,8-12,18H,4-5,7,13-15H2,1H3,(H,24,27)(H,25,28). The molecule has 1 atom stereocenters. The molecule has 2 N–H and O–H groups in total. The third kappa shape index (κ3) is 5.84. The molecule has 0 aromatic heterocycles. The van der Waals surface area contributed by atoms with Gasteiger partial charge in [-0.05, 0) is 62.1 Å². The highest BCUT2D eigenvalue weighted by atomic mass is 35.5. The first-order valence-corrected chi connectivity index (χ1v) is 12.0. The molecule has 2 aromatic rings. The van der Waals surface area contributed by atoms with Crippen LogP contribution in [-0.4, -0.2) is 43.7 Å². The molecule has 0 radical (unpaired) electrons. The van der Waals surface area contributed by atoms with E-state index in [4.69, 9.17) is 11.6 Å². The number of para-hydroxylation sites is 1. The van der Waals surface area contributed by atoms with Crippen LogP contribution in [0.3, 0.4) is 0 Å². The summed E-state index contributed by atoms with van der Waals surface area (Å²) < 4.78 is 27.7. The van der Waals surface area contributed by atoms with Gasteiger partial charge in [0.1, 0.15) is 0 Å². The number of hydrogen-bond acceptors (Lipinski definition) is 4. The molecule has 1 aliphatic rings. The van der Waals surface area contributed by atoms with Crippen molar-refractivity contribution in [3.8, 4) is 0 Å². The Kier molecular flexibility index (Phi) is 7.69. The van der Waals surface area contributed by atoms with E-state index in [9.17, 15) is 18.0 Å². The van der Waals surface area contributed by atoms with Crippen LogP contribution in [0.1, 0.15) is 31.2 Å². The van der Waals surface area contributed by atoms with Gasteiger partial charge in [-0.15, -0.1) is 0 Å². The fourth-order valence-electron chi connectivity index (χ4n) is 3.65. The third-order valence-electron chi connectivity index (χ3n) is 5.36. The van der Waals surface area contributed by atoms with Crippen LogP contribution in [-0.2, 0) is 19.6 Å². The number of amides is 2. The zero-order chi connectivity index (χ0) is 22.4. The van der Waals surface area contributed by atoms with Crippen molar-refractivity contribution in [2.75, 3.05) is 18.4 Å². The van der Waals surface area contributed by atoms with Crippen LogP contribution in [0.2, 0.25) is 5.02 Å². The monoisotopic (exact) mass is 463 g/mol. The summed E-state index contributed by atoms with van der Waals surface area (Å²) in [4.78, 5) is 24.5. The second-order valence-electron chi connectivity index (χ2n) is 7.53. The van der Waals surface area contributed by atoms with E-state index in [0.717, 1.165) is 18.4 Å². The number of halogens is 1. The molecule has 2 amide bonds. The van der Waals surface area contributed by atoms with Gasteiger partial charge in [0.05, 0.1) is 4.90 Å². The predicted molar refractivity (Wildman–Crippen MR) is 120 cm³/mol. The molecular formula is C22H26ClN3O4S. The normalized spacial score (nSPS) is 17.2. The van der Waals surface area contributed by atoms with Crippen LogP contribution >= 0.6 is 11.6 Å². The minimum absolute atomic E-state index is 0.199. The van der Waals surface area contributed by atoms with E-state index in [1.807, 2.05) is 19.1 Å². The maximum Gasteiger partial charge on any atom is 0.313 e. The number of anilines is 1. The lowest BCUT2D eigenvalue weighted by Gasteiger charge is -2.34. The summed E-state index contributed by atoms with van der Waals surface area (Å²) in [5.41, 5.74) is 1.43. The molecule has 0 aliphatic carbocycles. The summed E-state index contributed by atoms with van der Waals surface area (Å²) in [6.07, 6.45) is 2.84. The Labute approximate surface area is 187 Å².